The third kappa shape index (κ3) is 4.82. The van der Waals surface area contributed by atoms with Crippen LogP contribution in [-0.4, -0.2) is 50.4 Å². The van der Waals surface area contributed by atoms with Crippen molar-refractivity contribution in [3.8, 4) is 0 Å². The fourth-order valence-electron chi connectivity index (χ4n) is 4.35. The van der Waals surface area contributed by atoms with Crippen LogP contribution in [0.5, 0.6) is 0 Å². The standard InChI is InChI=1S/C24H23ClN4O3S2/c25-19-7-6-17-4-5-18(22(17)15-19)14-23(30)29-11-9-28(10-12-29)20-2-1-3-21(16-20)34(31,32)27-24-26-8-13-33-24/h1-8,13,15-16,18H,9-12,14H2,(H,26,27). The van der Waals surface area contributed by atoms with E-state index >= 15 is 0 Å². The lowest BCUT2D eigenvalue weighted by Crippen LogP contribution is -2.49. The Hall–Kier alpha value is -2.88. The number of amides is 1. The minimum Gasteiger partial charge on any atom is -0.368 e. The second-order valence-corrected chi connectivity index (χ2v) is 11.3. The Morgan fingerprint density at radius 2 is 1.97 bits per heavy atom. The first-order valence-corrected chi connectivity index (χ1v) is 13.7. The summed E-state index contributed by atoms with van der Waals surface area (Å²) in [6.07, 6.45) is 6.09. The van der Waals surface area contributed by atoms with Crippen LogP contribution in [0.2, 0.25) is 5.02 Å². The monoisotopic (exact) mass is 514 g/mol. The van der Waals surface area contributed by atoms with Gasteiger partial charge in [-0.25, -0.2) is 13.4 Å². The van der Waals surface area contributed by atoms with Gasteiger partial charge in [0.1, 0.15) is 0 Å². The molecule has 1 atom stereocenters. The molecule has 176 valence electrons. The molecule has 5 rings (SSSR count). The summed E-state index contributed by atoms with van der Waals surface area (Å²) in [5.74, 6) is 0.164. The summed E-state index contributed by atoms with van der Waals surface area (Å²) in [5.41, 5.74) is 3.03. The van der Waals surface area contributed by atoms with Crippen LogP contribution in [0.3, 0.4) is 0 Å². The Kier molecular flexibility index (Phi) is 6.33. The molecule has 1 aliphatic carbocycles. The first-order chi connectivity index (χ1) is 16.4. The summed E-state index contributed by atoms with van der Waals surface area (Å²) < 4.78 is 27.9. The lowest BCUT2D eigenvalue weighted by molar-refractivity contribution is -0.131. The minimum atomic E-state index is -3.72. The summed E-state index contributed by atoms with van der Waals surface area (Å²) in [5, 5.41) is 2.73. The Morgan fingerprint density at radius 1 is 1.15 bits per heavy atom. The molecule has 2 aromatic carbocycles. The van der Waals surface area contributed by atoms with Gasteiger partial charge < -0.3 is 9.80 Å². The third-order valence-electron chi connectivity index (χ3n) is 6.13. The molecule has 1 unspecified atom stereocenters. The number of allylic oxidation sites excluding steroid dienone is 1. The number of rotatable bonds is 6. The van der Waals surface area contributed by atoms with Gasteiger partial charge in [-0.15, -0.1) is 11.3 Å². The van der Waals surface area contributed by atoms with Gasteiger partial charge >= 0.3 is 0 Å². The molecule has 0 spiro atoms. The molecule has 0 radical (unpaired) electrons. The molecule has 3 aromatic rings. The van der Waals surface area contributed by atoms with Gasteiger partial charge in [0.25, 0.3) is 10.0 Å². The zero-order chi connectivity index (χ0) is 23.7. The van der Waals surface area contributed by atoms with Gasteiger partial charge in [0, 0.05) is 60.8 Å². The van der Waals surface area contributed by atoms with E-state index in [1.165, 1.54) is 11.3 Å². The second kappa shape index (κ2) is 9.40. The smallest absolute Gasteiger partial charge is 0.263 e. The Bertz CT molecular complexity index is 1330. The van der Waals surface area contributed by atoms with Crippen molar-refractivity contribution in [1.29, 1.82) is 0 Å². The van der Waals surface area contributed by atoms with Gasteiger partial charge in [-0.1, -0.05) is 35.9 Å². The van der Waals surface area contributed by atoms with Gasteiger partial charge in [-0.05, 0) is 41.5 Å². The van der Waals surface area contributed by atoms with Crippen molar-refractivity contribution in [1.82, 2.24) is 9.88 Å². The first kappa shape index (κ1) is 22.9. The first-order valence-electron chi connectivity index (χ1n) is 10.9. The maximum absolute atomic E-state index is 13.0. The molecule has 7 nitrogen and oxygen atoms in total. The van der Waals surface area contributed by atoms with E-state index < -0.39 is 10.0 Å². The van der Waals surface area contributed by atoms with E-state index in [0.29, 0.717) is 42.8 Å². The normalized spacial score (nSPS) is 17.6. The number of nitrogens with zero attached hydrogens (tertiary/aromatic N) is 3. The van der Waals surface area contributed by atoms with Crippen LogP contribution < -0.4 is 9.62 Å². The van der Waals surface area contributed by atoms with E-state index in [2.05, 4.69) is 20.7 Å². The van der Waals surface area contributed by atoms with Crippen molar-refractivity contribution in [3.05, 3.63) is 76.3 Å². The molecule has 2 aliphatic rings. The number of sulfonamides is 1. The van der Waals surface area contributed by atoms with E-state index in [0.717, 1.165) is 16.8 Å². The number of thiazole rings is 1. The Morgan fingerprint density at radius 3 is 2.74 bits per heavy atom. The maximum atomic E-state index is 13.0. The van der Waals surface area contributed by atoms with Gasteiger partial charge in [0.15, 0.2) is 5.13 Å². The van der Waals surface area contributed by atoms with Crippen LogP contribution in [0.4, 0.5) is 10.8 Å². The van der Waals surface area contributed by atoms with Crippen molar-refractivity contribution in [2.45, 2.75) is 17.2 Å². The molecule has 1 aromatic heterocycles. The molecule has 2 heterocycles. The molecular weight excluding hydrogens is 492 g/mol. The van der Waals surface area contributed by atoms with Crippen LogP contribution in [0.1, 0.15) is 23.5 Å². The average molecular weight is 515 g/mol. The van der Waals surface area contributed by atoms with E-state index in [4.69, 9.17) is 11.6 Å². The highest BCUT2D eigenvalue weighted by molar-refractivity contribution is 7.93. The molecule has 1 fully saturated rings. The lowest BCUT2D eigenvalue weighted by atomic mass is 9.97. The topological polar surface area (TPSA) is 82.6 Å². The highest BCUT2D eigenvalue weighted by Gasteiger charge is 2.26. The highest BCUT2D eigenvalue weighted by atomic mass is 35.5. The van der Waals surface area contributed by atoms with Crippen molar-refractivity contribution in [2.75, 3.05) is 35.8 Å². The predicted molar refractivity (Wildman–Crippen MR) is 136 cm³/mol. The Balaban J connectivity index is 1.21. The van der Waals surface area contributed by atoms with Gasteiger partial charge in [-0.3, -0.25) is 9.52 Å². The number of anilines is 2. The van der Waals surface area contributed by atoms with Crippen LogP contribution in [0, 0.1) is 0 Å². The molecule has 10 heteroatoms. The number of carbonyl (C=O) groups excluding carboxylic acids is 1. The largest absolute Gasteiger partial charge is 0.368 e. The van der Waals surface area contributed by atoms with Gasteiger partial charge in [0.2, 0.25) is 5.91 Å². The number of carbonyl (C=O) groups is 1. The van der Waals surface area contributed by atoms with Crippen molar-refractivity contribution in [3.63, 3.8) is 0 Å². The molecule has 1 saturated heterocycles. The molecule has 1 amide bonds. The van der Waals surface area contributed by atoms with Crippen LogP contribution in [0.25, 0.3) is 6.08 Å². The molecule has 0 bridgehead atoms. The summed E-state index contributed by atoms with van der Waals surface area (Å²) >= 11 is 7.38. The van der Waals surface area contributed by atoms with E-state index in [9.17, 15) is 13.2 Å². The number of benzene rings is 2. The van der Waals surface area contributed by atoms with Crippen molar-refractivity contribution >= 4 is 55.8 Å². The molecule has 0 saturated carbocycles. The van der Waals surface area contributed by atoms with Crippen LogP contribution in [0.15, 0.2) is 65.0 Å². The summed E-state index contributed by atoms with van der Waals surface area (Å²) in [6, 6.07) is 12.6. The quantitative estimate of drug-likeness (QED) is 0.525. The number of hydrogen-bond donors (Lipinski definition) is 1. The number of nitrogens with one attached hydrogen (secondary N) is 1. The van der Waals surface area contributed by atoms with E-state index in [1.807, 2.05) is 35.2 Å². The zero-order valence-corrected chi connectivity index (χ0v) is 20.6. The van der Waals surface area contributed by atoms with E-state index in [-0.39, 0.29) is 16.7 Å². The van der Waals surface area contributed by atoms with Crippen LogP contribution in [-0.2, 0) is 14.8 Å². The fourth-order valence-corrected chi connectivity index (χ4v) is 6.35. The van der Waals surface area contributed by atoms with E-state index in [1.54, 1.807) is 29.8 Å². The number of piperazine rings is 1. The Labute approximate surface area is 207 Å². The predicted octanol–water partition coefficient (Wildman–Crippen LogP) is 4.45. The fraction of sp³-hybridized carbons (Fsp3) is 0.250. The minimum absolute atomic E-state index is 0.0476. The second-order valence-electron chi connectivity index (χ2n) is 8.25. The summed E-state index contributed by atoms with van der Waals surface area (Å²) in [4.78, 5) is 21.1. The third-order valence-corrected chi connectivity index (χ3v) is 8.52. The average Bonchev–Trinajstić information content (AvgIpc) is 3.49. The van der Waals surface area contributed by atoms with Crippen molar-refractivity contribution < 1.29 is 13.2 Å². The van der Waals surface area contributed by atoms with Gasteiger partial charge in [-0.2, -0.15) is 0 Å². The summed E-state index contributed by atoms with van der Waals surface area (Å²) in [6.45, 7) is 2.45. The molecular formula is C24H23ClN4O3S2. The number of fused-ring (bicyclic) bond motifs is 1. The number of hydrogen-bond acceptors (Lipinski definition) is 6. The lowest BCUT2D eigenvalue weighted by Gasteiger charge is -2.36. The summed E-state index contributed by atoms with van der Waals surface area (Å²) in [7, 11) is -3.72. The van der Waals surface area contributed by atoms with Gasteiger partial charge in [0.05, 0.1) is 4.90 Å². The molecule has 34 heavy (non-hydrogen) atoms. The van der Waals surface area contributed by atoms with Crippen molar-refractivity contribution in [2.24, 2.45) is 0 Å². The SMILES string of the molecule is O=C(CC1C=Cc2ccc(Cl)cc21)N1CCN(c2cccc(S(=O)(=O)Nc3nccs3)c2)CC1. The maximum Gasteiger partial charge on any atom is 0.263 e. The number of halogens is 1. The molecule has 1 aliphatic heterocycles. The number of aromatic nitrogens is 1. The van der Waals surface area contributed by atoms with Crippen LogP contribution >= 0.6 is 22.9 Å². The molecule has 1 N–H and O–H groups in total. The highest BCUT2D eigenvalue weighted by Crippen LogP contribution is 2.35. The zero-order valence-electron chi connectivity index (χ0n) is 18.2.